The normalized spacial score (nSPS) is 10.8. The van der Waals surface area contributed by atoms with Gasteiger partial charge in [0.25, 0.3) is 5.56 Å². The predicted octanol–water partition coefficient (Wildman–Crippen LogP) is 1.98. The molecule has 0 amide bonds. The number of aromatic nitrogens is 3. The number of hydrogen-bond donors (Lipinski definition) is 1. The first kappa shape index (κ1) is 15.9. The number of hydrogen-bond acceptors (Lipinski definition) is 6. The second-order valence-corrected chi connectivity index (χ2v) is 4.68. The van der Waals surface area contributed by atoms with Gasteiger partial charge in [-0.3, -0.25) is 9.89 Å². The third kappa shape index (κ3) is 3.59. The first-order valence-corrected chi connectivity index (χ1v) is 7.09. The SMILES string of the molecule is CCCOc1c(/C=N\n2c(=O)cn[nH]c2=S)cccc1OC. The molecule has 1 aromatic heterocycles. The molecule has 0 radical (unpaired) electrons. The van der Waals surface area contributed by atoms with Gasteiger partial charge in [0, 0.05) is 5.56 Å². The molecule has 0 bridgehead atoms. The van der Waals surface area contributed by atoms with Crippen molar-refractivity contribution < 1.29 is 9.47 Å². The number of rotatable bonds is 6. The first-order chi connectivity index (χ1) is 10.7. The van der Waals surface area contributed by atoms with E-state index in [1.807, 2.05) is 19.1 Å². The van der Waals surface area contributed by atoms with Crippen LogP contribution in [0, 0.1) is 4.77 Å². The van der Waals surface area contributed by atoms with E-state index in [4.69, 9.17) is 21.7 Å². The Kier molecular flexibility index (Phi) is 5.42. The van der Waals surface area contributed by atoms with Crippen LogP contribution in [0.1, 0.15) is 18.9 Å². The summed E-state index contributed by atoms with van der Waals surface area (Å²) in [6.07, 6.45) is 3.47. The monoisotopic (exact) mass is 320 g/mol. The largest absolute Gasteiger partial charge is 0.493 e. The molecule has 7 nitrogen and oxygen atoms in total. The van der Waals surface area contributed by atoms with Crippen molar-refractivity contribution in [2.24, 2.45) is 5.10 Å². The number of ether oxygens (including phenoxy) is 2. The van der Waals surface area contributed by atoms with E-state index in [9.17, 15) is 4.79 Å². The van der Waals surface area contributed by atoms with Crippen molar-refractivity contribution in [2.75, 3.05) is 13.7 Å². The van der Waals surface area contributed by atoms with Gasteiger partial charge in [0.2, 0.25) is 4.77 Å². The van der Waals surface area contributed by atoms with Crippen LogP contribution in [0.4, 0.5) is 0 Å². The van der Waals surface area contributed by atoms with E-state index >= 15 is 0 Å². The molecule has 0 spiro atoms. The number of methoxy groups -OCH3 is 1. The molecule has 0 aliphatic carbocycles. The highest BCUT2D eigenvalue weighted by Crippen LogP contribution is 2.30. The average molecular weight is 320 g/mol. The van der Waals surface area contributed by atoms with Gasteiger partial charge in [-0.25, -0.2) is 0 Å². The van der Waals surface area contributed by atoms with Crippen molar-refractivity contribution in [3.8, 4) is 11.5 Å². The lowest BCUT2D eigenvalue weighted by atomic mass is 10.2. The molecule has 22 heavy (non-hydrogen) atoms. The molecule has 116 valence electrons. The van der Waals surface area contributed by atoms with Crippen molar-refractivity contribution in [3.05, 3.63) is 45.1 Å². The van der Waals surface area contributed by atoms with E-state index in [0.717, 1.165) is 17.3 Å². The Balaban J connectivity index is 2.42. The molecule has 0 atom stereocenters. The number of nitrogens with one attached hydrogen (secondary N) is 1. The summed E-state index contributed by atoms with van der Waals surface area (Å²) in [5.41, 5.74) is 0.268. The van der Waals surface area contributed by atoms with Crippen LogP contribution < -0.4 is 15.0 Å². The van der Waals surface area contributed by atoms with Crippen LogP contribution in [0.5, 0.6) is 11.5 Å². The van der Waals surface area contributed by atoms with Crippen LogP contribution in [0.15, 0.2) is 34.3 Å². The van der Waals surface area contributed by atoms with Crippen molar-refractivity contribution in [1.82, 2.24) is 14.9 Å². The van der Waals surface area contributed by atoms with E-state index in [2.05, 4.69) is 15.3 Å². The molecule has 0 fully saturated rings. The molecule has 2 aromatic rings. The second-order valence-electron chi connectivity index (χ2n) is 4.30. The number of H-pyrrole nitrogens is 1. The van der Waals surface area contributed by atoms with Crippen LogP contribution in [0.3, 0.4) is 0 Å². The summed E-state index contributed by atoms with van der Waals surface area (Å²) in [4.78, 5) is 11.7. The minimum absolute atomic E-state index is 0.114. The van der Waals surface area contributed by atoms with Crippen LogP contribution in [-0.2, 0) is 0 Å². The zero-order valence-corrected chi connectivity index (χ0v) is 13.1. The van der Waals surface area contributed by atoms with Crippen LogP contribution >= 0.6 is 12.2 Å². The van der Waals surface area contributed by atoms with Gasteiger partial charge in [-0.15, -0.1) is 0 Å². The number of benzene rings is 1. The molecular weight excluding hydrogens is 304 g/mol. The van der Waals surface area contributed by atoms with Gasteiger partial charge in [0.05, 0.1) is 19.9 Å². The van der Waals surface area contributed by atoms with E-state index in [-0.39, 0.29) is 4.77 Å². The van der Waals surface area contributed by atoms with Crippen LogP contribution in [0.2, 0.25) is 0 Å². The fourth-order valence-corrected chi connectivity index (χ4v) is 1.92. The van der Waals surface area contributed by atoms with Gasteiger partial charge < -0.3 is 9.47 Å². The van der Waals surface area contributed by atoms with Gasteiger partial charge in [-0.05, 0) is 30.8 Å². The maximum absolute atomic E-state index is 11.7. The molecule has 1 heterocycles. The summed E-state index contributed by atoms with van der Waals surface area (Å²) >= 11 is 4.98. The Hall–Kier alpha value is -2.48. The van der Waals surface area contributed by atoms with Crippen LogP contribution in [0.25, 0.3) is 0 Å². The number of aromatic amines is 1. The zero-order valence-electron chi connectivity index (χ0n) is 12.3. The molecule has 0 aliphatic heterocycles. The fraction of sp³-hybridized carbons (Fsp3) is 0.286. The molecule has 1 aromatic carbocycles. The fourth-order valence-electron chi connectivity index (χ4n) is 1.73. The summed E-state index contributed by atoms with van der Waals surface area (Å²) in [5, 5.41) is 10.2. The summed E-state index contributed by atoms with van der Waals surface area (Å²) in [7, 11) is 1.57. The molecular formula is C14H16N4O3S. The van der Waals surface area contributed by atoms with Crippen LogP contribution in [-0.4, -0.2) is 34.8 Å². The average Bonchev–Trinajstić information content (AvgIpc) is 2.52. The van der Waals surface area contributed by atoms with Crippen molar-refractivity contribution >= 4 is 18.4 Å². The lowest BCUT2D eigenvalue weighted by Crippen LogP contribution is -2.18. The lowest BCUT2D eigenvalue weighted by Gasteiger charge is -2.12. The Morgan fingerprint density at radius 1 is 1.50 bits per heavy atom. The molecule has 1 N–H and O–H groups in total. The highest BCUT2D eigenvalue weighted by atomic mass is 32.1. The molecule has 0 saturated carbocycles. The smallest absolute Gasteiger partial charge is 0.293 e. The molecule has 0 aliphatic rings. The Labute approximate surface area is 132 Å². The number of para-hydroxylation sites is 1. The van der Waals surface area contributed by atoms with Gasteiger partial charge >= 0.3 is 0 Å². The number of nitrogens with zero attached hydrogens (tertiary/aromatic N) is 3. The Morgan fingerprint density at radius 3 is 3.00 bits per heavy atom. The maximum atomic E-state index is 11.7. The highest BCUT2D eigenvalue weighted by Gasteiger charge is 2.09. The van der Waals surface area contributed by atoms with Crippen molar-refractivity contribution in [2.45, 2.75) is 13.3 Å². The summed E-state index contributed by atoms with van der Waals surface area (Å²) in [6, 6.07) is 5.43. The Morgan fingerprint density at radius 2 is 2.32 bits per heavy atom. The third-order valence-corrected chi connectivity index (χ3v) is 2.99. The van der Waals surface area contributed by atoms with E-state index < -0.39 is 5.56 Å². The quantitative estimate of drug-likeness (QED) is 0.650. The summed E-state index contributed by atoms with van der Waals surface area (Å²) in [5.74, 6) is 1.18. The zero-order chi connectivity index (χ0) is 15.9. The van der Waals surface area contributed by atoms with Gasteiger partial charge in [0.1, 0.15) is 6.20 Å². The molecule has 0 saturated heterocycles. The molecule has 0 unspecified atom stereocenters. The first-order valence-electron chi connectivity index (χ1n) is 6.68. The van der Waals surface area contributed by atoms with E-state index in [1.54, 1.807) is 13.2 Å². The summed E-state index contributed by atoms with van der Waals surface area (Å²) < 4.78 is 12.2. The highest BCUT2D eigenvalue weighted by molar-refractivity contribution is 7.71. The summed E-state index contributed by atoms with van der Waals surface area (Å²) in [6.45, 7) is 2.56. The minimum Gasteiger partial charge on any atom is -0.493 e. The minimum atomic E-state index is -0.418. The van der Waals surface area contributed by atoms with E-state index in [1.165, 1.54) is 6.21 Å². The lowest BCUT2D eigenvalue weighted by molar-refractivity contribution is 0.294. The molecule has 8 heteroatoms. The molecule has 2 rings (SSSR count). The van der Waals surface area contributed by atoms with Gasteiger partial charge in [-0.1, -0.05) is 13.0 Å². The van der Waals surface area contributed by atoms with Gasteiger partial charge in [-0.2, -0.15) is 14.9 Å². The topological polar surface area (TPSA) is 81.5 Å². The van der Waals surface area contributed by atoms with Crippen molar-refractivity contribution in [1.29, 1.82) is 0 Å². The third-order valence-electron chi connectivity index (χ3n) is 2.73. The predicted molar refractivity (Wildman–Crippen MR) is 85.5 cm³/mol. The Bertz CT molecular complexity index is 754. The van der Waals surface area contributed by atoms with Crippen molar-refractivity contribution in [3.63, 3.8) is 0 Å². The maximum Gasteiger partial charge on any atom is 0.293 e. The van der Waals surface area contributed by atoms with Gasteiger partial charge in [0.15, 0.2) is 11.5 Å². The second kappa shape index (κ2) is 7.51. The standard InChI is InChI=1S/C14H16N4O3S/c1-3-7-21-13-10(5-4-6-11(13)20-2)8-16-18-12(19)9-15-17-14(18)22/h4-6,8-9H,3,7H2,1-2H3,(H,17,22)/b16-8-. The van der Waals surface area contributed by atoms with E-state index in [0.29, 0.717) is 23.7 Å².